The zero-order valence-corrected chi connectivity index (χ0v) is 14.7. The number of imidazole rings is 1. The number of hydrogen-bond acceptors (Lipinski definition) is 6. The Morgan fingerprint density at radius 1 is 1.25 bits per heavy atom. The highest BCUT2D eigenvalue weighted by atomic mass is 35.5. The average molecular weight is 376 g/mol. The molecule has 1 aromatic carbocycles. The Balaban J connectivity index is 2.15. The van der Waals surface area contributed by atoms with Gasteiger partial charge in [-0.1, -0.05) is 23.2 Å². The van der Waals surface area contributed by atoms with Crippen LogP contribution >= 0.6 is 23.2 Å². The first kappa shape index (κ1) is 17.7. The number of ether oxygens (including phenoxy) is 1. The standard InChI is InChI=1S/C15H19Cl2N3O4/c1-6(2)18-15-19-9-3-7(16)8(17)4-10(9)20(15)14-13(23)12(22)11(5-21)24-14/h3-4,6,11-14,21-23H,5H2,1-2H3,(H,18,19)/t11-,12-,13-,14?/m1/s1. The Bertz CT molecular complexity index is 752. The van der Waals surface area contributed by atoms with Crippen molar-refractivity contribution in [3.63, 3.8) is 0 Å². The number of aromatic nitrogens is 2. The van der Waals surface area contributed by atoms with Gasteiger partial charge >= 0.3 is 0 Å². The first-order valence-electron chi connectivity index (χ1n) is 7.59. The van der Waals surface area contributed by atoms with Crippen molar-refractivity contribution in [2.75, 3.05) is 11.9 Å². The summed E-state index contributed by atoms with van der Waals surface area (Å²) < 4.78 is 7.26. The minimum absolute atomic E-state index is 0.0728. The first-order chi connectivity index (χ1) is 11.3. The van der Waals surface area contributed by atoms with Gasteiger partial charge in [-0.3, -0.25) is 4.57 Å². The first-order valence-corrected chi connectivity index (χ1v) is 8.35. The second-order valence-corrected chi connectivity index (χ2v) is 6.90. The fraction of sp³-hybridized carbons (Fsp3) is 0.533. The molecule has 0 spiro atoms. The summed E-state index contributed by atoms with van der Waals surface area (Å²) in [5.41, 5.74) is 1.17. The average Bonchev–Trinajstić information content (AvgIpc) is 2.97. The third kappa shape index (κ3) is 2.96. The van der Waals surface area contributed by atoms with Gasteiger partial charge in [-0.2, -0.15) is 0 Å². The molecule has 24 heavy (non-hydrogen) atoms. The van der Waals surface area contributed by atoms with Gasteiger partial charge in [-0.05, 0) is 26.0 Å². The summed E-state index contributed by atoms with van der Waals surface area (Å²) in [6.07, 6.45) is -4.22. The number of benzene rings is 1. The quantitative estimate of drug-likeness (QED) is 0.649. The van der Waals surface area contributed by atoms with E-state index in [9.17, 15) is 15.3 Å². The van der Waals surface area contributed by atoms with Crippen LogP contribution < -0.4 is 5.32 Å². The van der Waals surface area contributed by atoms with Crippen molar-refractivity contribution >= 4 is 40.2 Å². The highest BCUT2D eigenvalue weighted by Gasteiger charge is 2.44. The topological polar surface area (TPSA) is 99.8 Å². The molecule has 0 radical (unpaired) electrons. The Morgan fingerprint density at radius 2 is 1.92 bits per heavy atom. The molecule has 3 rings (SSSR count). The van der Waals surface area contributed by atoms with Crippen molar-refractivity contribution in [1.29, 1.82) is 0 Å². The van der Waals surface area contributed by atoms with Crippen LogP contribution in [0.4, 0.5) is 5.95 Å². The maximum absolute atomic E-state index is 10.4. The van der Waals surface area contributed by atoms with E-state index in [1.807, 2.05) is 13.8 Å². The van der Waals surface area contributed by atoms with Crippen molar-refractivity contribution in [3.8, 4) is 0 Å². The second kappa shape index (κ2) is 6.67. The van der Waals surface area contributed by atoms with Gasteiger partial charge < -0.3 is 25.4 Å². The Morgan fingerprint density at radius 3 is 2.50 bits per heavy atom. The fourth-order valence-electron chi connectivity index (χ4n) is 2.80. The Hall–Kier alpha value is -1.09. The molecule has 0 bridgehead atoms. The number of nitrogens with zero attached hydrogens (tertiary/aromatic N) is 2. The minimum Gasteiger partial charge on any atom is -0.394 e. The highest BCUT2D eigenvalue weighted by molar-refractivity contribution is 6.42. The number of halogens is 2. The summed E-state index contributed by atoms with van der Waals surface area (Å²) >= 11 is 12.2. The number of nitrogens with one attached hydrogen (secondary N) is 1. The summed E-state index contributed by atoms with van der Waals surface area (Å²) in [5.74, 6) is 0.452. The number of aliphatic hydroxyl groups excluding tert-OH is 3. The van der Waals surface area contributed by atoms with E-state index < -0.39 is 31.1 Å². The number of hydrogen-bond donors (Lipinski definition) is 4. The molecular weight excluding hydrogens is 357 g/mol. The molecule has 1 fully saturated rings. The Labute approximate surface area is 148 Å². The van der Waals surface area contributed by atoms with Gasteiger partial charge in [0.1, 0.15) is 18.3 Å². The predicted molar refractivity (Wildman–Crippen MR) is 91.5 cm³/mol. The van der Waals surface area contributed by atoms with Crippen LogP contribution in [0, 0.1) is 0 Å². The summed E-state index contributed by atoms with van der Waals surface area (Å²) in [5, 5.41) is 33.6. The molecular formula is C15H19Cl2N3O4. The molecule has 1 aliphatic rings. The van der Waals surface area contributed by atoms with E-state index in [2.05, 4.69) is 10.3 Å². The van der Waals surface area contributed by atoms with Crippen molar-refractivity contribution in [2.24, 2.45) is 0 Å². The lowest BCUT2D eigenvalue weighted by Crippen LogP contribution is -2.33. The van der Waals surface area contributed by atoms with Crippen LogP contribution in [-0.4, -0.2) is 55.8 Å². The molecule has 2 heterocycles. The molecule has 9 heteroatoms. The monoisotopic (exact) mass is 375 g/mol. The maximum atomic E-state index is 10.4. The summed E-state index contributed by atoms with van der Waals surface area (Å²) in [4.78, 5) is 4.48. The molecule has 1 aromatic heterocycles. The third-order valence-electron chi connectivity index (χ3n) is 3.92. The molecule has 4 N–H and O–H groups in total. The van der Waals surface area contributed by atoms with Gasteiger partial charge in [0.15, 0.2) is 6.23 Å². The van der Waals surface area contributed by atoms with E-state index >= 15 is 0 Å². The number of aliphatic hydroxyl groups is 3. The van der Waals surface area contributed by atoms with Crippen molar-refractivity contribution < 1.29 is 20.1 Å². The fourth-order valence-corrected chi connectivity index (χ4v) is 3.12. The van der Waals surface area contributed by atoms with Gasteiger partial charge in [-0.25, -0.2) is 4.98 Å². The van der Waals surface area contributed by atoms with Crippen LogP contribution in [0.25, 0.3) is 11.0 Å². The lowest BCUT2D eigenvalue weighted by atomic mass is 10.1. The number of rotatable bonds is 4. The van der Waals surface area contributed by atoms with Gasteiger partial charge in [0.05, 0.1) is 27.7 Å². The van der Waals surface area contributed by atoms with Crippen LogP contribution in [0.1, 0.15) is 20.1 Å². The van der Waals surface area contributed by atoms with Gasteiger partial charge in [0.25, 0.3) is 0 Å². The molecule has 1 aliphatic heterocycles. The molecule has 132 valence electrons. The van der Waals surface area contributed by atoms with Crippen LogP contribution in [0.15, 0.2) is 12.1 Å². The maximum Gasteiger partial charge on any atom is 0.206 e. The zero-order valence-electron chi connectivity index (χ0n) is 13.1. The molecule has 0 amide bonds. The molecule has 1 unspecified atom stereocenters. The normalized spacial score (nSPS) is 27.3. The van der Waals surface area contributed by atoms with Crippen molar-refractivity contribution in [3.05, 3.63) is 22.2 Å². The van der Waals surface area contributed by atoms with Crippen molar-refractivity contribution in [1.82, 2.24) is 9.55 Å². The van der Waals surface area contributed by atoms with Crippen LogP contribution in [-0.2, 0) is 4.74 Å². The number of fused-ring (bicyclic) bond motifs is 1. The summed E-state index contributed by atoms with van der Waals surface area (Å²) in [7, 11) is 0. The highest BCUT2D eigenvalue weighted by Crippen LogP contribution is 2.37. The molecule has 1 saturated heterocycles. The lowest BCUT2D eigenvalue weighted by molar-refractivity contribution is -0.0499. The lowest BCUT2D eigenvalue weighted by Gasteiger charge is -2.21. The van der Waals surface area contributed by atoms with Gasteiger partial charge in [-0.15, -0.1) is 0 Å². The predicted octanol–water partition coefficient (Wildman–Crippen LogP) is 1.77. The molecule has 0 aliphatic carbocycles. The van der Waals surface area contributed by atoms with E-state index in [4.69, 9.17) is 27.9 Å². The van der Waals surface area contributed by atoms with E-state index in [1.54, 1.807) is 16.7 Å². The molecule has 4 atom stereocenters. The van der Waals surface area contributed by atoms with Crippen LogP contribution in [0.2, 0.25) is 10.0 Å². The second-order valence-electron chi connectivity index (χ2n) is 6.09. The van der Waals surface area contributed by atoms with E-state index in [0.717, 1.165) is 0 Å². The molecule has 2 aromatic rings. The minimum atomic E-state index is -1.22. The summed E-state index contributed by atoms with van der Waals surface area (Å²) in [6, 6.07) is 3.33. The largest absolute Gasteiger partial charge is 0.394 e. The molecule has 0 saturated carbocycles. The third-order valence-corrected chi connectivity index (χ3v) is 4.64. The Kier molecular flexibility index (Phi) is 4.92. The van der Waals surface area contributed by atoms with E-state index in [1.165, 1.54) is 0 Å². The smallest absolute Gasteiger partial charge is 0.206 e. The van der Waals surface area contributed by atoms with Crippen LogP contribution in [0.3, 0.4) is 0 Å². The molecule has 7 nitrogen and oxygen atoms in total. The van der Waals surface area contributed by atoms with Gasteiger partial charge in [0.2, 0.25) is 5.95 Å². The number of anilines is 1. The summed E-state index contributed by atoms with van der Waals surface area (Å²) in [6.45, 7) is 3.49. The van der Waals surface area contributed by atoms with E-state index in [0.29, 0.717) is 27.0 Å². The van der Waals surface area contributed by atoms with E-state index in [-0.39, 0.29) is 6.04 Å². The zero-order chi connectivity index (χ0) is 17.6. The van der Waals surface area contributed by atoms with Gasteiger partial charge in [0, 0.05) is 6.04 Å². The van der Waals surface area contributed by atoms with Crippen molar-refractivity contribution in [2.45, 2.75) is 44.4 Å². The van der Waals surface area contributed by atoms with Crippen LogP contribution in [0.5, 0.6) is 0 Å². The SMILES string of the molecule is CC(C)Nc1nc2cc(Cl)c(Cl)cc2n1C1O[C@H](CO)[C@@H](O)[C@H]1O.